The fourth-order valence-electron chi connectivity index (χ4n) is 4.12. The number of fused-ring (bicyclic) bond motifs is 3. The molecule has 2 aliphatic rings. The van der Waals surface area contributed by atoms with E-state index in [1.807, 2.05) is 18.5 Å². The molecular weight excluding hydrogens is 340 g/mol. The van der Waals surface area contributed by atoms with E-state index in [2.05, 4.69) is 43.8 Å². The van der Waals surface area contributed by atoms with Crippen molar-refractivity contribution in [2.24, 2.45) is 0 Å². The van der Waals surface area contributed by atoms with Gasteiger partial charge in [0, 0.05) is 44.0 Å². The standard InChI is InChI=1S/C20H22N6O/c1-13-4-5-17-24-16-11-21-18(27)8-15(19(16)26(17)12-13)14-9-22-20(23-10-14)25-6-2-3-7-25/h4-5,9-10,12,15H,2-3,6-8,11H2,1H3,(H,21,27)/t15-/m0/s1. The van der Waals surface area contributed by atoms with Crippen molar-refractivity contribution in [2.75, 3.05) is 18.0 Å². The molecule has 0 aromatic carbocycles. The van der Waals surface area contributed by atoms with E-state index in [0.29, 0.717) is 13.0 Å². The van der Waals surface area contributed by atoms with Crippen LogP contribution in [-0.2, 0) is 11.3 Å². The third kappa shape index (κ3) is 2.83. The van der Waals surface area contributed by atoms with Gasteiger partial charge in [-0.15, -0.1) is 0 Å². The maximum atomic E-state index is 12.3. The van der Waals surface area contributed by atoms with Gasteiger partial charge in [-0.1, -0.05) is 6.07 Å². The smallest absolute Gasteiger partial charge is 0.225 e. The molecule has 5 rings (SSSR count). The predicted molar refractivity (Wildman–Crippen MR) is 102 cm³/mol. The molecule has 2 aliphatic heterocycles. The molecule has 7 nitrogen and oxygen atoms in total. The van der Waals surface area contributed by atoms with Gasteiger partial charge in [-0.05, 0) is 37.0 Å². The Labute approximate surface area is 157 Å². The van der Waals surface area contributed by atoms with Gasteiger partial charge >= 0.3 is 0 Å². The first-order valence-electron chi connectivity index (χ1n) is 9.50. The Morgan fingerprint density at radius 2 is 1.93 bits per heavy atom. The van der Waals surface area contributed by atoms with Crippen LogP contribution in [0.3, 0.4) is 0 Å². The first-order valence-corrected chi connectivity index (χ1v) is 9.50. The van der Waals surface area contributed by atoms with Gasteiger partial charge in [-0.2, -0.15) is 0 Å². The molecule has 27 heavy (non-hydrogen) atoms. The molecule has 7 heteroatoms. The fourth-order valence-corrected chi connectivity index (χ4v) is 4.12. The van der Waals surface area contributed by atoms with Crippen LogP contribution in [0.4, 0.5) is 5.95 Å². The zero-order valence-electron chi connectivity index (χ0n) is 15.4. The maximum absolute atomic E-state index is 12.3. The number of aromatic nitrogens is 4. The van der Waals surface area contributed by atoms with Gasteiger partial charge in [0.2, 0.25) is 11.9 Å². The summed E-state index contributed by atoms with van der Waals surface area (Å²) in [5.74, 6) is 0.707. The van der Waals surface area contributed by atoms with Crippen molar-refractivity contribution < 1.29 is 4.79 Å². The lowest BCUT2D eigenvalue weighted by Crippen LogP contribution is -2.22. The summed E-state index contributed by atoms with van der Waals surface area (Å²) in [5.41, 5.74) is 5.00. The number of pyridine rings is 1. The van der Waals surface area contributed by atoms with Crippen molar-refractivity contribution in [2.45, 2.75) is 38.6 Å². The van der Waals surface area contributed by atoms with Crippen LogP contribution in [0.15, 0.2) is 30.7 Å². The average molecular weight is 362 g/mol. The summed E-state index contributed by atoms with van der Waals surface area (Å²) >= 11 is 0. The lowest BCUT2D eigenvalue weighted by molar-refractivity contribution is -0.121. The molecule has 5 heterocycles. The molecule has 0 aliphatic carbocycles. The molecule has 0 radical (unpaired) electrons. The summed E-state index contributed by atoms with van der Waals surface area (Å²) in [7, 11) is 0. The SMILES string of the molecule is Cc1ccc2nc3c(n2c1)[C@H](c1cnc(N2CCCC2)nc1)CC(=O)NC3. The number of carbonyl (C=O) groups is 1. The minimum Gasteiger partial charge on any atom is -0.350 e. The second-order valence-corrected chi connectivity index (χ2v) is 7.42. The van der Waals surface area contributed by atoms with Crippen molar-refractivity contribution in [1.29, 1.82) is 0 Å². The van der Waals surface area contributed by atoms with Crippen LogP contribution in [0.5, 0.6) is 0 Å². The normalized spacial score (nSPS) is 19.8. The zero-order valence-corrected chi connectivity index (χ0v) is 15.4. The van der Waals surface area contributed by atoms with Gasteiger partial charge in [0.1, 0.15) is 5.65 Å². The maximum Gasteiger partial charge on any atom is 0.225 e. The van der Waals surface area contributed by atoms with Crippen molar-refractivity contribution in [3.05, 3.63) is 53.2 Å². The molecule has 3 aromatic rings. The summed E-state index contributed by atoms with van der Waals surface area (Å²) in [6, 6.07) is 4.08. The van der Waals surface area contributed by atoms with Gasteiger partial charge in [0.25, 0.3) is 0 Å². The highest BCUT2D eigenvalue weighted by Crippen LogP contribution is 2.33. The van der Waals surface area contributed by atoms with E-state index in [1.165, 1.54) is 12.8 Å². The Kier molecular flexibility index (Phi) is 3.81. The highest BCUT2D eigenvalue weighted by Gasteiger charge is 2.29. The van der Waals surface area contributed by atoms with Crippen LogP contribution in [0.25, 0.3) is 5.65 Å². The molecule has 0 spiro atoms. The summed E-state index contributed by atoms with van der Waals surface area (Å²) in [6.45, 7) is 4.55. The third-order valence-corrected chi connectivity index (χ3v) is 5.50. The molecule has 0 saturated carbocycles. The van der Waals surface area contributed by atoms with Crippen molar-refractivity contribution in [1.82, 2.24) is 24.7 Å². The second-order valence-electron chi connectivity index (χ2n) is 7.42. The van der Waals surface area contributed by atoms with Crippen molar-refractivity contribution >= 4 is 17.5 Å². The predicted octanol–water partition coefficient (Wildman–Crippen LogP) is 2.18. The summed E-state index contributed by atoms with van der Waals surface area (Å²) in [5, 5.41) is 2.97. The van der Waals surface area contributed by atoms with Crippen LogP contribution in [-0.4, -0.2) is 38.3 Å². The second kappa shape index (κ2) is 6.33. The minimum atomic E-state index is -0.105. The van der Waals surface area contributed by atoms with Gasteiger partial charge in [0.05, 0.1) is 17.9 Å². The summed E-state index contributed by atoms with van der Waals surface area (Å²) in [6.07, 6.45) is 8.60. The Bertz CT molecular complexity index is 1000. The van der Waals surface area contributed by atoms with E-state index < -0.39 is 0 Å². The summed E-state index contributed by atoms with van der Waals surface area (Å²) in [4.78, 5) is 28.5. The number of amides is 1. The molecule has 3 aromatic heterocycles. The van der Waals surface area contributed by atoms with Crippen LogP contribution >= 0.6 is 0 Å². The number of rotatable bonds is 2. The first kappa shape index (κ1) is 16.2. The van der Waals surface area contributed by atoms with Crippen LogP contribution in [0.1, 0.15) is 47.7 Å². The van der Waals surface area contributed by atoms with E-state index in [4.69, 9.17) is 4.98 Å². The number of hydrogen-bond acceptors (Lipinski definition) is 5. The van der Waals surface area contributed by atoms with E-state index in [-0.39, 0.29) is 11.8 Å². The largest absolute Gasteiger partial charge is 0.350 e. The molecule has 0 bridgehead atoms. The van der Waals surface area contributed by atoms with E-state index in [1.54, 1.807) is 0 Å². The number of hydrogen-bond donors (Lipinski definition) is 1. The minimum absolute atomic E-state index is 0.0306. The molecule has 1 saturated heterocycles. The van der Waals surface area contributed by atoms with Crippen LogP contribution in [0, 0.1) is 6.92 Å². The van der Waals surface area contributed by atoms with Crippen LogP contribution in [0.2, 0.25) is 0 Å². The fraction of sp³-hybridized carbons (Fsp3) is 0.400. The number of anilines is 1. The molecule has 1 amide bonds. The molecule has 138 valence electrons. The first-order chi connectivity index (χ1) is 13.2. The highest BCUT2D eigenvalue weighted by molar-refractivity contribution is 5.78. The van der Waals surface area contributed by atoms with Crippen molar-refractivity contribution in [3.63, 3.8) is 0 Å². The molecule has 0 unspecified atom stereocenters. The number of imidazole rings is 1. The topological polar surface area (TPSA) is 75.4 Å². The average Bonchev–Trinajstić information content (AvgIpc) is 3.29. The zero-order chi connectivity index (χ0) is 18.4. The molecule has 1 atom stereocenters. The van der Waals surface area contributed by atoms with Crippen molar-refractivity contribution in [3.8, 4) is 0 Å². The van der Waals surface area contributed by atoms with Gasteiger partial charge in [-0.25, -0.2) is 15.0 Å². The Balaban J connectivity index is 1.59. The van der Waals surface area contributed by atoms with Crippen LogP contribution < -0.4 is 10.2 Å². The number of nitrogens with one attached hydrogen (secondary N) is 1. The number of carbonyl (C=O) groups excluding carboxylic acids is 1. The highest BCUT2D eigenvalue weighted by atomic mass is 16.1. The van der Waals surface area contributed by atoms with Gasteiger partial charge in [0.15, 0.2) is 0 Å². The van der Waals surface area contributed by atoms with E-state index >= 15 is 0 Å². The number of aryl methyl sites for hydroxylation is 1. The quantitative estimate of drug-likeness (QED) is 0.756. The molecular formula is C20H22N6O. The van der Waals surface area contributed by atoms with Gasteiger partial charge in [-0.3, -0.25) is 4.79 Å². The summed E-state index contributed by atoms with van der Waals surface area (Å²) < 4.78 is 2.12. The van der Waals surface area contributed by atoms with E-state index in [9.17, 15) is 4.79 Å². The van der Waals surface area contributed by atoms with E-state index in [0.717, 1.165) is 47.2 Å². The molecule has 1 fully saturated rings. The number of nitrogens with zero attached hydrogens (tertiary/aromatic N) is 5. The lowest BCUT2D eigenvalue weighted by atomic mass is 9.94. The Hall–Kier alpha value is -2.96. The lowest BCUT2D eigenvalue weighted by Gasteiger charge is -2.18. The Morgan fingerprint density at radius 3 is 2.70 bits per heavy atom. The monoisotopic (exact) mass is 362 g/mol. The molecule has 1 N–H and O–H groups in total. The van der Waals surface area contributed by atoms with Gasteiger partial charge < -0.3 is 14.6 Å². The Morgan fingerprint density at radius 1 is 1.15 bits per heavy atom. The third-order valence-electron chi connectivity index (χ3n) is 5.50.